The van der Waals surface area contributed by atoms with Gasteiger partial charge in [-0.2, -0.15) is 13.2 Å². The summed E-state index contributed by atoms with van der Waals surface area (Å²) in [5.41, 5.74) is -0.0959. The van der Waals surface area contributed by atoms with E-state index >= 15 is 0 Å². The van der Waals surface area contributed by atoms with E-state index in [0.29, 0.717) is 25.1 Å². The number of aliphatic carboxylic acids is 1. The summed E-state index contributed by atoms with van der Waals surface area (Å²) in [6.45, 7) is 0.946. The minimum Gasteiger partial charge on any atom is -0.550 e. The lowest BCUT2D eigenvalue weighted by Gasteiger charge is -2.08. The molecule has 0 bridgehead atoms. The van der Waals surface area contributed by atoms with Crippen molar-refractivity contribution in [1.29, 1.82) is 0 Å². The molecule has 18 heavy (non-hydrogen) atoms. The Balaban J connectivity index is 2.41. The van der Waals surface area contributed by atoms with E-state index in [4.69, 9.17) is 0 Å². The molecule has 0 aliphatic rings. The van der Waals surface area contributed by atoms with Crippen LogP contribution in [-0.2, 0) is 17.5 Å². The molecule has 0 aromatic heterocycles. The molecule has 6 heteroatoms. The summed E-state index contributed by atoms with van der Waals surface area (Å²) >= 11 is 0. The summed E-state index contributed by atoms with van der Waals surface area (Å²) in [5.74, 6) is -1.11. The van der Waals surface area contributed by atoms with Gasteiger partial charge in [-0.1, -0.05) is 12.1 Å². The third-order valence-corrected chi connectivity index (χ3v) is 2.42. The Hall–Kier alpha value is -1.56. The highest BCUT2D eigenvalue weighted by atomic mass is 19.4. The Kier molecular flexibility index (Phi) is 5.15. The maximum absolute atomic E-state index is 12.4. The van der Waals surface area contributed by atoms with Crippen molar-refractivity contribution in [3.05, 3.63) is 35.4 Å². The molecule has 0 saturated carbocycles. The summed E-state index contributed by atoms with van der Waals surface area (Å²) in [6.07, 6.45) is -3.91. The molecule has 0 aliphatic heterocycles. The van der Waals surface area contributed by atoms with E-state index in [2.05, 4.69) is 0 Å². The molecule has 100 valence electrons. The van der Waals surface area contributed by atoms with E-state index in [-0.39, 0.29) is 6.42 Å². The van der Waals surface area contributed by atoms with Crippen molar-refractivity contribution < 1.29 is 28.4 Å². The smallest absolute Gasteiger partial charge is 0.416 e. The van der Waals surface area contributed by atoms with Crippen LogP contribution in [0.25, 0.3) is 0 Å². The maximum Gasteiger partial charge on any atom is 0.416 e. The average molecular weight is 261 g/mol. The number of carboxylic acids is 1. The summed E-state index contributed by atoms with van der Waals surface area (Å²) < 4.78 is 37.3. The highest BCUT2D eigenvalue weighted by molar-refractivity contribution is 5.64. The molecule has 1 rings (SSSR count). The molecule has 3 nitrogen and oxygen atoms in total. The minimum atomic E-state index is -4.33. The van der Waals surface area contributed by atoms with Crippen LogP contribution in [0.2, 0.25) is 0 Å². The zero-order valence-corrected chi connectivity index (χ0v) is 9.67. The monoisotopic (exact) mass is 261 g/mol. The van der Waals surface area contributed by atoms with E-state index in [1.54, 1.807) is 11.4 Å². The lowest BCUT2D eigenvalue weighted by molar-refractivity contribution is -0.670. The van der Waals surface area contributed by atoms with Crippen molar-refractivity contribution in [1.82, 2.24) is 0 Å². The van der Waals surface area contributed by atoms with Gasteiger partial charge in [0.1, 0.15) is 6.54 Å². The first-order valence-corrected chi connectivity index (χ1v) is 5.57. The van der Waals surface area contributed by atoms with Crippen LogP contribution in [0.3, 0.4) is 0 Å². The predicted molar refractivity (Wildman–Crippen MR) is 56.2 cm³/mol. The van der Waals surface area contributed by atoms with E-state index in [1.807, 2.05) is 0 Å². The van der Waals surface area contributed by atoms with Crippen molar-refractivity contribution in [2.45, 2.75) is 25.6 Å². The number of carboxylic acid groups (broad SMARTS) is 1. The van der Waals surface area contributed by atoms with E-state index in [1.165, 1.54) is 6.07 Å². The van der Waals surface area contributed by atoms with Crippen LogP contribution in [0.5, 0.6) is 0 Å². The second-order valence-corrected chi connectivity index (χ2v) is 3.96. The first-order chi connectivity index (χ1) is 8.39. The van der Waals surface area contributed by atoms with Gasteiger partial charge in [0.05, 0.1) is 12.1 Å². The molecule has 0 amide bonds. The van der Waals surface area contributed by atoms with Crippen molar-refractivity contribution in [3.8, 4) is 0 Å². The number of rotatable bonds is 6. The normalized spacial score (nSPS) is 11.5. The molecule has 0 radical (unpaired) electrons. The fraction of sp³-hybridized carbons (Fsp3) is 0.417. The third-order valence-electron chi connectivity index (χ3n) is 2.42. The van der Waals surface area contributed by atoms with Crippen LogP contribution < -0.4 is 10.4 Å². The highest BCUT2D eigenvalue weighted by Gasteiger charge is 2.30. The maximum atomic E-state index is 12.4. The number of hydrogen-bond acceptors (Lipinski definition) is 2. The summed E-state index contributed by atoms with van der Waals surface area (Å²) in [6, 6.07) is 5.12. The standard InChI is InChI=1S/C12H14F3NO2/c13-12(14,15)10-4-1-3-9(7-10)8-16-6-2-5-11(17)18/h1,3-4,7,16H,2,5-6,8H2,(H,17,18). The summed E-state index contributed by atoms with van der Waals surface area (Å²) in [7, 11) is 0. The van der Waals surface area contributed by atoms with Gasteiger partial charge in [-0.3, -0.25) is 0 Å². The van der Waals surface area contributed by atoms with Crippen LogP contribution >= 0.6 is 0 Å². The molecular weight excluding hydrogens is 247 g/mol. The number of hydrogen-bond donors (Lipinski definition) is 1. The first kappa shape index (κ1) is 14.5. The highest BCUT2D eigenvalue weighted by Crippen LogP contribution is 2.29. The fourth-order valence-corrected chi connectivity index (χ4v) is 1.53. The second-order valence-electron chi connectivity index (χ2n) is 3.96. The zero-order chi connectivity index (χ0) is 13.6. The summed E-state index contributed by atoms with van der Waals surface area (Å²) in [4.78, 5) is 10.1. The lowest BCUT2D eigenvalue weighted by Crippen LogP contribution is -2.82. The van der Waals surface area contributed by atoms with Crippen LogP contribution in [0.4, 0.5) is 13.2 Å². The Morgan fingerprint density at radius 2 is 2.06 bits per heavy atom. The van der Waals surface area contributed by atoms with Gasteiger partial charge in [-0.05, 0) is 18.6 Å². The molecule has 1 aromatic rings. The van der Waals surface area contributed by atoms with Gasteiger partial charge in [-0.25, -0.2) is 0 Å². The number of halogens is 3. The molecule has 0 saturated heterocycles. The number of nitrogens with two attached hydrogens (primary N) is 1. The first-order valence-electron chi connectivity index (χ1n) is 5.57. The van der Waals surface area contributed by atoms with Crippen molar-refractivity contribution in [2.75, 3.05) is 6.54 Å². The van der Waals surface area contributed by atoms with Crippen LogP contribution in [0, 0.1) is 0 Å². The van der Waals surface area contributed by atoms with Gasteiger partial charge in [0.15, 0.2) is 0 Å². The SMILES string of the molecule is O=C([O-])CCC[NH2+]Cc1cccc(C(F)(F)F)c1. The average Bonchev–Trinajstić information content (AvgIpc) is 2.27. The summed E-state index contributed by atoms with van der Waals surface area (Å²) in [5, 5.41) is 11.9. The Labute approximate surface area is 103 Å². The van der Waals surface area contributed by atoms with E-state index in [0.717, 1.165) is 12.1 Å². The van der Waals surface area contributed by atoms with Gasteiger partial charge < -0.3 is 15.2 Å². The van der Waals surface area contributed by atoms with Gasteiger partial charge in [0, 0.05) is 18.0 Å². The topological polar surface area (TPSA) is 56.7 Å². The second kappa shape index (κ2) is 6.39. The number of quaternary nitrogens is 1. The minimum absolute atomic E-state index is 0.0287. The quantitative estimate of drug-likeness (QED) is 0.749. The molecule has 0 atom stereocenters. The van der Waals surface area contributed by atoms with Crippen LogP contribution in [0.15, 0.2) is 24.3 Å². The molecule has 0 aliphatic carbocycles. The number of benzene rings is 1. The Morgan fingerprint density at radius 3 is 2.67 bits per heavy atom. The molecule has 0 fully saturated rings. The number of alkyl halides is 3. The molecule has 1 aromatic carbocycles. The van der Waals surface area contributed by atoms with Crippen molar-refractivity contribution >= 4 is 5.97 Å². The molecule has 0 spiro atoms. The van der Waals surface area contributed by atoms with Crippen molar-refractivity contribution in [2.24, 2.45) is 0 Å². The van der Waals surface area contributed by atoms with Gasteiger partial charge in [0.25, 0.3) is 0 Å². The largest absolute Gasteiger partial charge is 0.550 e. The van der Waals surface area contributed by atoms with Gasteiger partial charge in [-0.15, -0.1) is 0 Å². The number of carbonyl (C=O) groups excluding carboxylic acids is 1. The van der Waals surface area contributed by atoms with Gasteiger partial charge >= 0.3 is 6.18 Å². The third kappa shape index (κ3) is 5.18. The number of carbonyl (C=O) groups is 1. The Bertz CT molecular complexity index is 405. The fourth-order valence-electron chi connectivity index (χ4n) is 1.53. The van der Waals surface area contributed by atoms with E-state index < -0.39 is 17.7 Å². The lowest BCUT2D eigenvalue weighted by atomic mass is 10.1. The van der Waals surface area contributed by atoms with Crippen LogP contribution in [-0.4, -0.2) is 12.5 Å². The van der Waals surface area contributed by atoms with Crippen molar-refractivity contribution in [3.63, 3.8) is 0 Å². The molecule has 0 heterocycles. The molecule has 2 N–H and O–H groups in total. The van der Waals surface area contributed by atoms with E-state index in [9.17, 15) is 23.1 Å². The predicted octanol–water partition coefficient (Wildman–Crippen LogP) is 0.299. The Morgan fingerprint density at radius 1 is 1.33 bits per heavy atom. The molecule has 0 unspecified atom stereocenters. The van der Waals surface area contributed by atoms with Crippen LogP contribution in [0.1, 0.15) is 24.0 Å². The van der Waals surface area contributed by atoms with Gasteiger partial charge in [0.2, 0.25) is 0 Å². The molecular formula is C12H14F3NO2. The zero-order valence-electron chi connectivity index (χ0n) is 9.67.